The van der Waals surface area contributed by atoms with Crippen LogP contribution in [0.3, 0.4) is 0 Å². The summed E-state index contributed by atoms with van der Waals surface area (Å²) in [6, 6.07) is 5.00. The molecule has 0 bridgehead atoms. The van der Waals surface area contributed by atoms with E-state index < -0.39 is 23.7 Å². The summed E-state index contributed by atoms with van der Waals surface area (Å²) in [5, 5.41) is 13.3. The van der Waals surface area contributed by atoms with Crippen LogP contribution in [0.25, 0.3) is 4.96 Å². The Morgan fingerprint density at radius 2 is 1.92 bits per heavy atom. The Bertz CT molecular complexity index is 871. The van der Waals surface area contributed by atoms with Gasteiger partial charge in [0.2, 0.25) is 4.96 Å². The molecular formula is C13H9F4N5OS. The summed E-state index contributed by atoms with van der Waals surface area (Å²) in [6.07, 6.45) is -4.40. The van der Waals surface area contributed by atoms with Gasteiger partial charge in [-0.05, 0) is 24.3 Å². The first-order valence-corrected chi connectivity index (χ1v) is 7.48. The SMILES string of the molecule is O=C(NCCc1nn2c(C(F)(F)F)nnc2s1)c1ccc(F)cc1. The van der Waals surface area contributed by atoms with Crippen LogP contribution < -0.4 is 5.32 Å². The van der Waals surface area contributed by atoms with Gasteiger partial charge in [0.25, 0.3) is 11.7 Å². The van der Waals surface area contributed by atoms with Crippen molar-refractivity contribution in [3.05, 3.63) is 46.5 Å². The van der Waals surface area contributed by atoms with Gasteiger partial charge >= 0.3 is 6.18 Å². The summed E-state index contributed by atoms with van der Waals surface area (Å²) in [5.74, 6) is -2.05. The molecule has 0 spiro atoms. The zero-order chi connectivity index (χ0) is 17.3. The first-order chi connectivity index (χ1) is 11.3. The van der Waals surface area contributed by atoms with E-state index in [2.05, 4.69) is 20.6 Å². The van der Waals surface area contributed by atoms with Crippen molar-refractivity contribution in [2.24, 2.45) is 0 Å². The highest BCUT2D eigenvalue weighted by molar-refractivity contribution is 7.16. The molecule has 6 nitrogen and oxygen atoms in total. The van der Waals surface area contributed by atoms with Crippen LogP contribution in [0.15, 0.2) is 24.3 Å². The van der Waals surface area contributed by atoms with Gasteiger partial charge in [-0.1, -0.05) is 11.3 Å². The number of aromatic nitrogens is 4. The standard InChI is InChI=1S/C13H9F4N5OS/c14-8-3-1-7(2-4-8)10(23)18-6-5-9-21-22-11(13(15,16)17)19-20-12(22)24-9/h1-4H,5-6H2,(H,18,23). The molecule has 0 atom stereocenters. The third-order valence-electron chi connectivity index (χ3n) is 3.02. The van der Waals surface area contributed by atoms with Gasteiger partial charge in [-0.3, -0.25) is 4.79 Å². The van der Waals surface area contributed by atoms with Gasteiger partial charge in [0, 0.05) is 18.5 Å². The van der Waals surface area contributed by atoms with Crippen LogP contribution in [0.5, 0.6) is 0 Å². The Kier molecular flexibility index (Phi) is 4.18. The molecule has 2 heterocycles. The van der Waals surface area contributed by atoms with Crippen LogP contribution in [0.4, 0.5) is 17.6 Å². The predicted molar refractivity (Wildman–Crippen MR) is 76.1 cm³/mol. The van der Waals surface area contributed by atoms with E-state index in [0.29, 0.717) is 9.52 Å². The summed E-state index contributed by atoms with van der Waals surface area (Å²) in [4.78, 5) is 11.9. The fraction of sp³-hybridized carbons (Fsp3) is 0.231. The fourth-order valence-electron chi connectivity index (χ4n) is 1.92. The second-order valence-electron chi connectivity index (χ2n) is 4.72. The number of carbonyl (C=O) groups is 1. The van der Waals surface area contributed by atoms with Crippen molar-refractivity contribution >= 4 is 22.2 Å². The molecule has 0 saturated carbocycles. The van der Waals surface area contributed by atoms with Crippen molar-refractivity contribution in [2.45, 2.75) is 12.6 Å². The zero-order valence-electron chi connectivity index (χ0n) is 11.8. The minimum atomic E-state index is -4.64. The van der Waals surface area contributed by atoms with Crippen molar-refractivity contribution in [3.63, 3.8) is 0 Å². The van der Waals surface area contributed by atoms with Crippen molar-refractivity contribution in [2.75, 3.05) is 6.54 Å². The maximum absolute atomic E-state index is 12.8. The molecule has 1 aromatic carbocycles. The maximum Gasteiger partial charge on any atom is 0.453 e. The third-order valence-corrected chi connectivity index (χ3v) is 3.98. The smallest absolute Gasteiger partial charge is 0.352 e. The van der Waals surface area contributed by atoms with Gasteiger partial charge in [-0.25, -0.2) is 4.39 Å². The van der Waals surface area contributed by atoms with Crippen LogP contribution in [-0.4, -0.2) is 32.3 Å². The number of carbonyl (C=O) groups excluding carboxylic acids is 1. The number of hydrogen-bond acceptors (Lipinski definition) is 5. The summed E-state index contributed by atoms with van der Waals surface area (Å²) in [6.45, 7) is 0.168. The molecule has 1 amide bonds. The van der Waals surface area contributed by atoms with E-state index >= 15 is 0 Å². The minimum absolute atomic E-state index is 0.0298. The van der Waals surface area contributed by atoms with Crippen molar-refractivity contribution in [3.8, 4) is 0 Å². The molecule has 3 rings (SSSR count). The van der Waals surface area contributed by atoms with Gasteiger partial charge in [0.15, 0.2) is 0 Å². The molecule has 2 aromatic heterocycles. The Morgan fingerprint density at radius 3 is 2.58 bits per heavy atom. The monoisotopic (exact) mass is 359 g/mol. The second-order valence-corrected chi connectivity index (χ2v) is 5.76. The van der Waals surface area contributed by atoms with Crippen molar-refractivity contribution in [1.29, 1.82) is 0 Å². The van der Waals surface area contributed by atoms with Gasteiger partial charge in [0.05, 0.1) is 0 Å². The molecule has 0 unspecified atom stereocenters. The first kappa shape index (κ1) is 16.3. The first-order valence-electron chi connectivity index (χ1n) is 6.66. The highest BCUT2D eigenvalue weighted by Crippen LogP contribution is 2.28. The number of rotatable bonds is 4. The van der Waals surface area contributed by atoms with E-state index in [9.17, 15) is 22.4 Å². The molecule has 0 aliphatic rings. The van der Waals surface area contributed by atoms with Gasteiger partial charge < -0.3 is 5.32 Å². The maximum atomic E-state index is 12.8. The molecule has 24 heavy (non-hydrogen) atoms. The van der Waals surface area contributed by atoms with Gasteiger partial charge in [-0.15, -0.1) is 10.2 Å². The third kappa shape index (κ3) is 3.35. The minimum Gasteiger partial charge on any atom is -0.352 e. The molecule has 0 aliphatic heterocycles. The lowest BCUT2D eigenvalue weighted by atomic mass is 10.2. The summed E-state index contributed by atoms with van der Waals surface area (Å²) in [5.41, 5.74) is 0.286. The summed E-state index contributed by atoms with van der Waals surface area (Å²) >= 11 is 0.961. The highest BCUT2D eigenvalue weighted by Gasteiger charge is 2.38. The number of nitrogens with one attached hydrogen (secondary N) is 1. The molecule has 0 aliphatic carbocycles. The molecule has 11 heteroatoms. The van der Waals surface area contributed by atoms with E-state index in [1.165, 1.54) is 12.1 Å². The van der Waals surface area contributed by atoms with Crippen LogP contribution >= 0.6 is 11.3 Å². The number of halogens is 4. The van der Waals surface area contributed by atoms with E-state index in [1.807, 2.05) is 0 Å². The van der Waals surface area contributed by atoms with Crippen LogP contribution in [0.1, 0.15) is 21.2 Å². The fourth-order valence-corrected chi connectivity index (χ4v) is 2.75. The number of alkyl halides is 3. The lowest BCUT2D eigenvalue weighted by Crippen LogP contribution is -2.25. The molecule has 0 fully saturated rings. The molecule has 0 saturated heterocycles. The van der Waals surface area contributed by atoms with Crippen LogP contribution in [-0.2, 0) is 12.6 Å². The Hall–Kier alpha value is -2.56. The van der Waals surface area contributed by atoms with E-state index in [-0.39, 0.29) is 23.5 Å². The lowest BCUT2D eigenvalue weighted by molar-refractivity contribution is -0.146. The highest BCUT2D eigenvalue weighted by atomic mass is 32.1. The molecule has 126 valence electrons. The van der Waals surface area contributed by atoms with Crippen molar-refractivity contribution < 1.29 is 22.4 Å². The molecule has 0 radical (unpaired) electrons. The molecule has 3 aromatic rings. The van der Waals surface area contributed by atoms with Gasteiger partial charge in [-0.2, -0.15) is 22.8 Å². The molecule has 1 N–H and O–H groups in total. The quantitative estimate of drug-likeness (QED) is 0.726. The number of benzene rings is 1. The Labute approximate surface area is 136 Å². The Balaban J connectivity index is 1.63. The van der Waals surface area contributed by atoms with E-state index in [1.54, 1.807) is 0 Å². The summed E-state index contributed by atoms with van der Waals surface area (Å²) < 4.78 is 51.5. The average Bonchev–Trinajstić information content (AvgIpc) is 3.06. The van der Waals surface area contributed by atoms with Crippen molar-refractivity contribution in [1.82, 2.24) is 25.1 Å². The predicted octanol–water partition coefficient (Wildman–Crippen LogP) is 2.32. The number of hydrogen-bond donors (Lipinski definition) is 1. The zero-order valence-corrected chi connectivity index (χ0v) is 12.7. The van der Waals surface area contributed by atoms with Gasteiger partial charge in [0.1, 0.15) is 10.8 Å². The van der Waals surface area contributed by atoms with E-state index in [0.717, 1.165) is 23.5 Å². The van der Waals surface area contributed by atoms with Crippen LogP contribution in [0, 0.1) is 5.82 Å². The summed E-state index contributed by atoms with van der Waals surface area (Å²) in [7, 11) is 0. The van der Waals surface area contributed by atoms with E-state index in [4.69, 9.17) is 0 Å². The average molecular weight is 359 g/mol. The molecular weight excluding hydrogens is 350 g/mol. The largest absolute Gasteiger partial charge is 0.453 e. The topological polar surface area (TPSA) is 72.2 Å². The Morgan fingerprint density at radius 1 is 1.21 bits per heavy atom. The second kappa shape index (κ2) is 6.15. The lowest BCUT2D eigenvalue weighted by Gasteiger charge is -2.03. The normalized spacial score (nSPS) is 11.8. The van der Waals surface area contributed by atoms with Crippen LogP contribution in [0.2, 0.25) is 0 Å². The number of fused-ring (bicyclic) bond motifs is 1. The number of amides is 1. The number of nitrogens with zero attached hydrogens (tertiary/aromatic N) is 4.